The zero-order valence-electron chi connectivity index (χ0n) is 20.2. The topological polar surface area (TPSA) is 35.5 Å². The molecule has 0 spiro atoms. The van der Waals surface area contributed by atoms with Gasteiger partial charge in [-0.25, -0.2) is 0 Å². The molecular formula is C26H41IO3Si. The third-order valence-corrected chi connectivity index (χ3v) is 15.1. The number of hydrogen-bond donors (Lipinski definition) is 0. The van der Waals surface area contributed by atoms with Gasteiger partial charge in [-0.05, 0) is 96.2 Å². The average molecular weight is 557 g/mol. The number of hydrogen-bond acceptors (Lipinski definition) is 3. The summed E-state index contributed by atoms with van der Waals surface area (Å²) in [5.74, 6) is 0.396. The maximum atomic E-state index is 13.1. The highest BCUT2D eigenvalue weighted by Gasteiger charge is 2.72. The molecule has 0 aromatic rings. The van der Waals surface area contributed by atoms with Crippen molar-refractivity contribution in [1.29, 1.82) is 0 Å². The van der Waals surface area contributed by atoms with Crippen LogP contribution in [0.4, 0.5) is 0 Å². The lowest BCUT2D eigenvalue weighted by Gasteiger charge is -2.60. The molecule has 0 aromatic heterocycles. The summed E-state index contributed by atoms with van der Waals surface area (Å²) in [6, 6.07) is 3.52. The van der Waals surface area contributed by atoms with E-state index in [9.17, 15) is 4.79 Å². The van der Waals surface area contributed by atoms with Gasteiger partial charge >= 0.3 is 5.97 Å². The number of halogens is 1. The van der Waals surface area contributed by atoms with Crippen LogP contribution in [0.25, 0.3) is 0 Å². The maximum absolute atomic E-state index is 13.1. The smallest absolute Gasteiger partial charge is 0.312 e. The van der Waals surface area contributed by atoms with Crippen LogP contribution in [0.5, 0.6) is 0 Å². The molecule has 0 amide bonds. The Balaban J connectivity index is 1.72. The Hall–Kier alpha value is -0.143. The predicted octanol–water partition coefficient (Wildman–Crippen LogP) is 7.71. The Kier molecular flexibility index (Phi) is 6.17. The Labute approximate surface area is 204 Å². The largest absolute Gasteiger partial charge is 0.457 e. The molecular weight excluding hydrogens is 515 g/mol. The summed E-state index contributed by atoms with van der Waals surface area (Å²) in [6.45, 7) is 15.8. The van der Waals surface area contributed by atoms with Crippen LogP contribution in [0.1, 0.15) is 86.0 Å². The first-order valence-corrected chi connectivity index (χ1v) is 16.1. The summed E-state index contributed by atoms with van der Waals surface area (Å²) >= 11 is 2.40. The number of fused-ring (bicyclic) bond motifs is 1. The molecule has 0 unspecified atom stereocenters. The standard InChI is InChI=1S/C26H41IO3Si/c1-7-31(8-2,9-3)30-25(17-19(4)27)16-15-24(6)20(18-25)11-12-21-23(5)13-10-14-26(21,24)29-22(23)28/h11,21H,4,7-10,12-18H2,1-3,5-6H3/t21-,23-,24+,25-,26+/m1/s1. The van der Waals surface area contributed by atoms with Crippen LogP contribution in [0, 0.1) is 16.7 Å². The van der Waals surface area contributed by atoms with E-state index in [0.717, 1.165) is 51.4 Å². The van der Waals surface area contributed by atoms with Crippen molar-refractivity contribution in [2.75, 3.05) is 0 Å². The Morgan fingerprint density at radius 3 is 2.48 bits per heavy atom. The third kappa shape index (κ3) is 3.37. The lowest BCUT2D eigenvalue weighted by Crippen LogP contribution is -2.61. The molecule has 1 aliphatic heterocycles. The van der Waals surface area contributed by atoms with Gasteiger partial charge in [0.2, 0.25) is 0 Å². The van der Waals surface area contributed by atoms with Crippen LogP contribution in [-0.4, -0.2) is 25.5 Å². The molecule has 1 saturated heterocycles. The first-order chi connectivity index (χ1) is 14.5. The summed E-state index contributed by atoms with van der Waals surface area (Å²) in [6.07, 6.45) is 10.6. The van der Waals surface area contributed by atoms with Crippen molar-refractivity contribution in [3.63, 3.8) is 0 Å². The molecule has 2 saturated carbocycles. The lowest BCUT2D eigenvalue weighted by molar-refractivity contribution is -0.169. The quantitative estimate of drug-likeness (QED) is 0.140. The van der Waals surface area contributed by atoms with Gasteiger partial charge in [0.25, 0.3) is 0 Å². The summed E-state index contributed by atoms with van der Waals surface area (Å²) in [5.41, 5.74) is 0.709. The van der Waals surface area contributed by atoms with Crippen LogP contribution in [0.15, 0.2) is 21.8 Å². The van der Waals surface area contributed by atoms with E-state index in [1.807, 2.05) is 0 Å². The van der Waals surface area contributed by atoms with Gasteiger partial charge < -0.3 is 9.16 Å². The fourth-order valence-corrected chi connectivity index (χ4v) is 11.6. The summed E-state index contributed by atoms with van der Waals surface area (Å²) < 4.78 is 14.9. The first-order valence-electron chi connectivity index (χ1n) is 12.5. The lowest BCUT2D eigenvalue weighted by atomic mass is 9.46. The van der Waals surface area contributed by atoms with Crippen molar-refractivity contribution in [2.45, 2.75) is 115 Å². The first kappa shape index (κ1) is 24.0. The molecule has 3 aliphatic carbocycles. The van der Waals surface area contributed by atoms with E-state index in [2.05, 4.69) is 69.9 Å². The molecule has 2 bridgehead atoms. The molecule has 3 fully saturated rings. The molecule has 31 heavy (non-hydrogen) atoms. The third-order valence-electron chi connectivity index (χ3n) is 10.0. The SMILES string of the molecule is C=C(I)C[C@]1(O[Si](CC)(CC)CC)CC[C@@]2(C)C(=CC[C@@H]3[C@@]4(C)CCC[C@]32OC4=O)C1. The van der Waals surface area contributed by atoms with Gasteiger partial charge in [-0.15, -0.1) is 0 Å². The molecule has 0 N–H and O–H groups in total. The van der Waals surface area contributed by atoms with E-state index < -0.39 is 8.32 Å². The summed E-state index contributed by atoms with van der Waals surface area (Å²) in [7, 11) is -1.76. The van der Waals surface area contributed by atoms with E-state index >= 15 is 0 Å². The zero-order valence-corrected chi connectivity index (χ0v) is 23.4. The predicted molar refractivity (Wildman–Crippen MR) is 138 cm³/mol. The van der Waals surface area contributed by atoms with Gasteiger partial charge in [0.05, 0.1) is 11.0 Å². The van der Waals surface area contributed by atoms with E-state index in [1.54, 1.807) is 0 Å². The molecule has 3 nitrogen and oxygen atoms in total. The monoisotopic (exact) mass is 556 g/mol. The molecule has 0 aromatic carbocycles. The van der Waals surface area contributed by atoms with Crippen LogP contribution >= 0.6 is 22.6 Å². The molecule has 0 radical (unpaired) electrons. The second-order valence-corrected chi connectivity index (χ2v) is 17.5. The van der Waals surface area contributed by atoms with E-state index in [4.69, 9.17) is 9.16 Å². The molecule has 4 aliphatic rings. The average Bonchev–Trinajstić information content (AvgIpc) is 2.85. The fraction of sp³-hybridized carbons (Fsp3) is 0.808. The van der Waals surface area contributed by atoms with E-state index in [1.165, 1.54) is 27.3 Å². The van der Waals surface area contributed by atoms with Gasteiger partial charge in [0.15, 0.2) is 8.32 Å². The van der Waals surface area contributed by atoms with Crippen molar-refractivity contribution >= 4 is 36.9 Å². The molecule has 5 heteroatoms. The molecule has 4 rings (SSSR count). The zero-order chi connectivity index (χ0) is 22.7. The minimum Gasteiger partial charge on any atom is -0.457 e. The van der Waals surface area contributed by atoms with Crippen LogP contribution < -0.4 is 0 Å². The van der Waals surface area contributed by atoms with Crippen molar-refractivity contribution in [3.8, 4) is 0 Å². The highest BCUT2D eigenvalue weighted by molar-refractivity contribution is 14.1. The Bertz CT molecular complexity index is 796. The van der Waals surface area contributed by atoms with Crippen LogP contribution in [-0.2, 0) is 14.0 Å². The highest BCUT2D eigenvalue weighted by atomic mass is 127. The van der Waals surface area contributed by atoms with Gasteiger partial charge in [0.1, 0.15) is 5.60 Å². The number of rotatable bonds is 7. The Morgan fingerprint density at radius 2 is 1.87 bits per heavy atom. The normalized spacial score (nSPS) is 41.8. The summed E-state index contributed by atoms with van der Waals surface area (Å²) in [5, 5.41) is 0. The van der Waals surface area contributed by atoms with Gasteiger partial charge in [-0.1, -0.05) is 45.9 Å². The highest BCUT2D eigenvalue weighted by Crippen LogP contribution is 2.69. The van der Waals surface area contributed by atoms with Gasteiger partial charge in [0, 0.05) is 17.8 Å². The van der Waals surface area contributed by atoms with Crippen molar-refractivity contribution < 1.29 is 14.0 Å². The van der Waals surface area contributed by atoms with Gasteiger partial charge in [-0.2, -0.15) is 0 Å². The van der Waals surface area contributed by atoms with E-state index in [0.29, 0.717) is 5.92 Å². The second-order valence-electron chi connectivity index (χ2n) is 11.3. The molecule has 174 valence electrons. The fourth-order valence-electron chi connectivity index (χ4n) is 7.81. The number of carbonyl (C=O) groups excluding carboxylic acids is 1. The van der Waals surface area contributed by atoms with E-state index in [-0.39, 0.29) is 28.0 Å². The Morgan fingerprint density at radius 1 is 1.19 bits per heavy atom. The number of allylic oxidation sites excluding steroid dienone is 1. The van der Waals surface area contributed by atoms with Crippen LogP contribution in [0.3, 0.4) is 0 Å². The molecule has 1 heterocycles. The maximum Gasteiger partial charge on any atom is 0.312 e. The van der Waals surface area contributed by atoms with Gasteiger partial charge in [-0.3, -0.25) is 4.79 Å². The second kappa shape index (κ2) is 7.97. The van der Waals surface area contributed by atoms with Crippen molar-refractivity contribution in [3.05, 3.63) is 21.8 Å². The minimum absolute atomic E-state index is 0.0575. The minimum atomic E-state index is -1.76. The number of esters is 1. The number of ether oxygens (including phenoxy) is 1. The van der Waals surface area contributed by atoms with Crippen molar-refractivity contribution in [2.24, 2.45) is 16.7 Å². The van der Waals surface area contributed by atoms with Crippen LogP contribution in [0.2, 0.25) is 18.1 Å². The summed E-state index contributed by atoms with van der Waals surface area (Å²) in [4.78, 5) is 13.1. The van der Waals surface area contributed by atoms with Crippen molar-refractivity contribution in [1.82, 2.24) is 0 Å². The number of carbonyl (C=O) groups is 1. The molecule has 5 atom stereocenters.